The minimum Gasteiger partial charge on any atom is -0.379 e. The van der Waals surface area contributed by atoms with Crippen LogP contribution in [0.5, 0.6) is 0 Å². The van der Waals surface area contributed by atoms with Gasteiger partial charge in [-0.15, -0.1) is 0 Å². The van der Waals surface area contributed by atoms with E-state index in [-0.39, 0.29) is 23.2 Å². The molecule has 1 heterocycles. The molecular weight excluding hydrogens is 255 g/mol. The Morgan fingerprint density at radius 2 is 2.15 bits per heavy atom. The Bertz CT molecular complexity index is 554. The number of hydrogen-bond donors (Lipinski definition) is 2. The van der Waals surface area contributed by atoms with Gasteiger partial charge < -0.3 is 10.6 Å². The summed E-state index contributed by atoms with van der Waals surface area (Å²) in [5.41, 5.74) is 2.33. The van der Waals surface area contributed by atoms with E-state index in [1.807, 2.05) is 0 Å². The van der Waals surface area contributed by atoms with Crippen molar-refractivity contribution in [2.45, 2.75) is 52.0 Å². The van der Waals surface area contributed by atoms with E-state index < -0.39 is 0 Å². The lowest BCUT2D eigenvalue weighted by Crippen LogP contribution is -2.31. The number of amides is 1. The van der Waals surface area contributed by atoms with Crippen LogP contribution in [-0.2, 0) is 11.2 Å². The summed E-state index contributed by atoms with van der Waals surface area (Å²) in [5, 5.41) is 6.17. The molecule has 0 bridgehead atoms. The summed E-state index contributed by atoms with van der Waals surface area (Å²) in [7, 11) is 0. The third-order valence-electron chi connectivity index (χ3n) is 4.68. The molecule has 1 aromatic rings. The third-order valence-corrected chi connectivity index (χ3v) is 4.68. The van der Waals surface area contributed by atoms with E-state index in [1.54, 1.807) is 12.1 Å². The highest BCUT2D eigenvalue weighted by molar-refractivity contribution is 5.94. The van der Waals surface area contributed by atoms with Crippen molar-refractivity contribution in [3.8, 4) is 0 Å². The van der Waals surface area contributed by atoms with Gasteiger partial charge in [-0.3, -0.25) is 4.79 Å². The quantitative estimate of drug-likeness (QED) is 0.864. The SMILES string of the molecule is CC1(C)CCCC1Nc1cc2c(cc1F)CCC(=O)N2. The van der Waals surface area contributed by atoms with Crippen LogP contribution in [0, 0.1) is 11.2 Å². The second kappa shape index (κ2) is 4.76. The van der Waals surface area contributed by atoms with Crippen LogP contribution in [0.25, 0.3) is 0 Å². The number of rotatable bonds is 2. The van der Waals surface area contributed by atoms with Crippen molar-refractivity contribution in [1.82, 2.24) is 0 Å². The van der Waals surface area contributed by atoms with Crippen molar-refractivity contribution < 1.29 is 9.18 Å². The summed E-state index contributed by atoms with van der Waals surface area (Å²) in [6.07, 6.45) is 4.46. The Hall–Kier alpha value is -1.58. The summed E-state index contributed by atoms with van der Waals surface area (Å²) >= 11 is 0. The van der Waals surface area contributed by atoms with Gasteiger partial charge >= 0.3 is 0 Å². The van der Waals surface area contributed by atoms with Crippen LogP contribution in [0.4, 0.5) is 15.8 Å². The summed E-state index contributed by atoms with van der Waals surface area (Å²) in [6, 6.07) is 3.59. The molecule has 0 radical (unpaired) electrons. The highest BCUT2D eigenvalue weighted by atomic mass is 19.1. The van der Waals surface area contributed by atoms with Gasteiger partial charge in [-0.1, -0.05) is 20.3 Å². The Morgan fingerprint density at radius 3 is 2.85 bits per heavy atom. The fraction of sp³-hybridized carbons (Fsp3) is 0.562. The molecule has 1 unspecified atom stereocenters. The number of carbonyl (C=O) groups is 1. The van der Waals surface area contributed by atoms with Crippen molar-refractivity contribution in [1.29, 1.82) is 0 Å². The van der Waals surface area contributed by atoms with Crippen LogP contribution in [0.15, 0.2) is 12.1 Å². The van der Waals surface area contributed by atoms with Gasteiger partial charge in [0.05, 0.1) is 5.69 Å². The van der Waals surface area contributed by atoms with E-state index in [0.717, 1.165) is 24.1 Å². The normalized spacial score (nSPS) is 24.1. The predicted molar refractivity (Wildman–Crippen MR) is 78.4 cm³/mol. The maximum Gasteiger partial charge on any atom is 0.224 e. The second-order valence-corrected chi connectivity index (χ2v) is 6.62. The fourth-order valence-corrected chi connectivity index (χ4v) is 3.29. The van der Waals surface area contributed by atoms with Gasteiger partial charge in [0, 0.05) is 18.2 Å². The highest BCUT2D eigenvalue weighted by Crippen LogP contribution is 2.40. The molecular formula is C16H21FN2O. The van der Waals surface area contributed by atoms with Gasteiger partial charge in [0.25, 0.3) is 0 Å². The number of fused-ring (bicyclic) bond motifs is 1. The van der Waals surface area contributed by atoms with Crippen molar-refractivity contribution in [2.75, 3.05) is 10.6 Å². The van der Waals surface area contributed by atoms with Gasteiger partial charge in [0.2, 0.25) is 5.91 Å². The first-order valence-electron chi connectivity index (χ1n) is 7.34. The Kier molecular flexibility index (Phi) is 3.19. The van der Waals surface area contributed by atoms with Crippen LogP contribution in [-0.4, -0.2) is 11.9 Å². The molecule has 1 aliphatic carbocycles. The molecule has 1 fully saturated rings. The lowest BCUT2D eigenvalue weighted by molar-refractivity contribution is -0.116. The molecule has 20 heavy (non-hydrogen) atoms. The minimum atomic E-state index is -0.220. The van der Waals surface area contributed by atoms with Crippen molar-refractivity contribution in [3.05, 3.63) is 23.5 Å². The van der Waals surface area contributed by atoms with Crippen LogP contribution >= 0.6 is 0 Å². The number of carbonyl (C=O) groups excluding carboxylic acids is 1. The molecule has 0 saturated heterocycles. The minimum absolute atomic E-state index is 0.0104. The molecule has 1 aliphatic heterocycles. The highest BCUT2D eigenvalue weighted by Gasteiger charge is 2.34. The molecule has 3 nitrogen and oxygen atoms in total. The predicted octanol–water partition coefficient (Wildman–Crippen LogP) is 3.70. The molecule has 1 aromatic carbocycles. The number of hydrogen-bond acceptors (Lipinski definition) is 2. The summed E-state index contributed by atoms with van der Waals surface area (Å²) in [6.45, 7) is 4.44. The largest absolute Gasteiger partial charge is 0.379 e. The lowest BCUT2D eigenvalue weighted by atomic mass is 9.87. The summed E-state index contributed by atoms with van der Waals surface area (Å²) in [5.74, 6) is -0.209. The van der Waals surface area contributed by atoms with E-state index in [2.05, 4.69) is 24.5 Å². The first-order chi connectivity index (χ1) is 9.45. The molecule has 0 spiro atoms. The summed E-state index contributed by atoms with van der Waals surface area (Å²) in [4.78, 5) is 11.4. The molecule has 0 aromatic heterocycles. The van der Waals surface area contributed by atoms with Crippen molar-refractivity contribution in [3.63, 3.8) is 0 Å². The van der Waals surface area contributed by atoms with Crippen molar-refractivity contribution >= 4 is 17.3 Å². The van der Waals surface area contributed by atoms with Crippen LogP contribution in [0.2, 0.25) is 0 Å². The van der Waals surface area contributed by atoms with Crippen LogP contribution in [0.3, 0.4) is 0 Å². The standard InChI is InChI=1S/C16H21FN2O/c1-16(2)7-3-4-14(16)18-13-9-12-10(8-11(13)17)5-6-15(20)19-12/h8-9,14,18H,3-7H2,1-2H3,(H,19,20). The smallest absolute Gasteiger partial charge is 0.224 e. The number of anilines is 2. The van der Waals surface area contributed by atoms with Gasteiger partial charge in [-0.2, -0.15) is 0 Å². The number of aryl methyl sites for hydroxylation is 1. The first kappa shape index (κ1) is 13.4. The molecule has 3 rings (SSSR count). The van der Waals surface area contributed by atoms with E-state index in [1.165, 1.54) is 6.42 Å². The first-order valence-corrected chi connectivity index (χ1v) is 7.34. The molecule has 1 atom stereocenters. The molecule has 2 N–H and O–H groups in total. The monoisotopic (exact) mass is 276 g/mol. The van der Waals surface area contributed by atoms with E-state index >= 15 is 0 Å². The van der Waals surface area contributed by atoms with Gasteiger partial charge in [0.15, 0.2) is 0 Å². The number of benzene rings is 1. The molecule has 108 valence electrons. The van der Waals surface area contributed by atoms with Gasteiger partial charge in [-0.05, 0) is 42.4 Å². The average Bonchev–Trinajstić information content (AvgIpc) is 2.70. The van der Waals surface area contributed by atoms with E-state index in [9.17, 15) is 9.18 Å². The maximum absolute atomic E-state index is 14.2. The third kappa shape index (κ3) is 2.39. The van der Waals surface area contributed by atoms with Crippen molar-refractivity contribution in [2.24, 2.45) is 5.41 Å². The molecule has 1 saturated carbocycles. The zero-order valence-corrected chi connectivity index (χ0v) is 12.1. The van der Waals surface area contributed by atoms with Gasteiger partial charge in [0.1, 0.15) is 5.82 Å². The van der Waals surface area contributed by atoms with Crippen LogP contribution < -0.4 is 10.6 Å². The zero-order chi connectivity index (χ0) is 14.3. The van der Waals surface area contributed by atoms with E-state index in [4.69, 9.17) is 0 Å². The fourth-order valence-electron chi connectivity index (χ4n) is 3.29. The Labute approximate surface area is 118 Å². The lowest BCUT2D eigenvalue weighted by Gasteiger charge is -2.29. The number of nitrogens with one attached hydrogen (secondary N) is 2. The molecule has 2 aliphatic rings. The molecule has 4 heteroatoms. The van der Waals surface area contributed by atoms with Gasteiger partial charge in [-0.25, -0.2) is 4.39 Å². The zero-order valence-electron chi connectivity index (χ0n) is 12.1. The summed E-state index contributed by atoms with van der Waals surface area (Å²) < 4.78 is 14.2. The maximum atomic E-state index is 14.2. The Balaban J connectivity index is 1.87. The Morgan fingerprint density at radius 1 is 1.35 bits per heavy atom. The second-order valence-electron chi connectivity index (χ2n) is 6.62. The number of halogens is 1. The average molecular weight is 276 g/mol. The molecule has 1 amide bonds. The van der Waals surface area contributed by atoms with E-state index in [0.29, 0.717) is 18.5 Å². The van der Waals surface area contributed by atoms with Crippen LogP contribution in [0.1, 0.15) is 45.1 Å². The topological polar surface area (TPSA) is 41.1 Å².